The molecule has 0 aromatic heterocycles. The molecule has 1 aromatic carbocycles. The molecule has 0 bridgehead atoms. The number of hydrogen-bond acceptors (Lipinski definition) is 6. The van der Waals surface area contributed by atoms with Crippen molar-refractivity contribution in [2.75, 3.05) is 20.5 Å². The highest BCUT2D eigenvalue weighted by Gasteiger charge is 2.21. The minimum Gasteiger partial charge on any atom is -0.495 e. The molecule has 0 amide bonds. The number of esters is 1. The number of sulfone groups is 1. The van der Waals surface area contributed by atoms with Gasteiger partial charge in [0.15, 0.2) is 15.9 Å². The minimum absolute atomic E-state index is 0.00850. The maximum Gasteiger partial charge on any atom is 0.339 e. The van der Waals surface area contributed by atoms with Crippen molar-refractivity contribution in [1.29, 1.82) is 0 Å². The van der Waals surface area contributed by atoms with E-state index in [1.807, 2.05) is 0 Å². The van der Waals surface area contributed by atoms with Gasteiger partial charge in [0.2, 0.25) is 0 Å². The minimum atomic E-state index is -3.44. The predicted molar refractivity (Wildman–Crippen MR) is 63.1 cm³/mol. The van der Waals surface area contributed by atoms with Crippen LogP contribution in [0.2, 0.25) is 0 Å². The Hall–Kier alpha value is -1.60. The van der Waals surface area contributed by atoms with Crippen molar-refractivity contribution in [1.82, 2.24) is 0 Å². The number of ether oxygens (including phenoxy) is 2. The summed E-state index contributed by atoms with van der Waals surface area (Å²) in [5.41, 5.74) is 0.200. The molecule has 0 saturated heterocycles. The zero-order valence-electron chi connectivity index (χ0n) is 10.2. The first-order chi connectivity index (χ1) is 8.31. The molecule has 0 aliphatic rings. The van der Waals surface area contributed by atoms with E-state index in [0.717, 1.165) is 13.4 Å². The highest BCUT2D eigenvalue weighted by atomic mass is 32.2. The second kappa shape index (κ2) is 5.36. The van der Waals surface area contributed by atoms with Crippen molar-refractivity contribution in [3.8, 4) is 5.75 Å². The molecule has 1 atom stereocenters. The maximum absolute atomic E-state index is 11.4. The number of benzene rings is 1. The third-order valence-electron chi connectivity index (χ3n) is 2.33. The van der Waals surface area contributed by atoms with E-state index in [-0.39, 0.29) is 16.2 Å². The quantitative estimate of drug-likeness (QED) is 0.794. The Morgan fingerprint density at radius 1 is 1.33 bits per heavy atom. The van der Waals surface area contributed by atoms with Crippen LogP contribution in [-0.2, 0) is 19.4 Å². The Morgan fingerprint density at radius 3 is 2.39 bits per heavy atom. The predicted octanol–water partition coefficient (Wildman–Crippen LogP) is 0.305. The molecule has 1 N–H and O–H groups in total. The summed E-state index contributed by atoms with van der Waals surface area (Å²) >= 11 is 0. The van der Waals surface area contributed by atoms with E-state index in [9.17, 15) is 18.3 Å². The third-order valence-corrected chi connectivity index (χ3v) is 3.46. The molecule has 0 aliphatic heterocycles. The lowest BCUT2D eigenvalue weighted by molar-refractivity contribution is -0.150. The molecule has 0 radical (unpaired) electrons. The Labute approximate surface area is 105 Å². The van der Waals surface area contributed by atoms with Gasteiger partial charge in [-0.1, -0.05) is 6.07 Å². The second-order valence-corrected chi connectivity index (χ2v) is 5.59. The van der Waals surface area contributed by atoms with Gasteiger partial charge in [-0.05, 0) is 17.7 Å². The van der Waals surface area contributed by atoms with Gasteiger partial charge < -0.3 is 14.6 Å². The fourth-order valence-electron chi connectivity index (χ4n) is 1.41. The molecule has 6 nitrogen and oxygen atoms in total. The fourth-order valence-corrected chi connectivity index (χ4v) is 2.23. The molecular weight excluding hydrogens is 260 g/mol. The third kappa shape index (κ3) is 2.99. The van der Waals surface area contributed by atoms with Crippen LogP contribution in [-0.4, -0.2) is 40.0 Å². The molecule has 18 heavy (non-hydrogen) atoms. The van der Waals surface area contributed by atoms with E-state index in [1.165, 1.54) is 25.3 Å². The Morgan fingerprint density at radius 2 is 1.94 bits per heavy atom. The molecule has 0 heterocycles. The number of methoxy groups -OCH3 is 2. The molecule has 1 rings (SSSR count). The number of rotatable bonds is 4. The van der Waals surface area contributed by atoms with Crippen LogP contribution in [0.1, 0.15) is 11.7 Å². The van der Waals surface area contributed by atoms with E-state index in [4.69, 9.17) is 4.74 Å². The van der Waals surface area contributed by atoms with Crippen molar-refractivity contribution in [2.45, 2.75) is 11.0 Å². The first-order valence-corrected chi connectivity index (χ1v) is 6.84. The molecule has 0 fully saturated rings. The summed E-state index contributed by atoms with van der Waals surface area (Å²) in [4.78, 5) is 11.2. The lowest BCUT2D eigenvalue weighted by Crippen LogP contribution is -2.14. The lowest BCUT2D eigenvalue weighted by atomic mass is 10.1. The van der Waals surface area contributed by atoms with E-state index in [2.05, 4.69) is 4.74 Å². The zero-order valence-corrected chi connectivity index (χ0v) is 11.0. The smallest absolute Gasteiger partial charge is 0.339 e. The average molecular weight is 274 g/mol. The van der Waals surface area contributed by atoms with E-state index < -0.39 is 21.9 Å². The molecule has 0 saturated carbocycles. The summed E-state index contributed by atoms with van der Waals surface area (Å²) in [7, 11) is -0.986. The van der Waals surface area contributed by atoms with Gasteiger partial charge in [0, 0.05) is 6.26 Å². The van der Waals surface area contributed by atoms with Crippen LogP contribution in [0.4, 0.5) is 0 Å². The van der Waals surface area contributed by atoms with E-state index in [1.54, 1.807) is 0 Å². The Balaban J connectivity index is 3.26. The molecule has 0 spiro atoms. The summed E-state index contributed by atoms with van der Waals surface area (Å²) in [6.07, 6.45) is -0.432. The Kier molecular flexibility index (Phi) is 4.31. The molecular formula is C11H14O6S. The highest BCUT2D eigenvalue weighted by Crippen LogP contribution is 2.27. The van der Waals surface area contributed by atoms with Crippen molar-refractivity contribution in [2.24, 2.45) is 0 Å². The van der Waals surface area contributed by atoms with Gasteiger partial charge >= 0.3 is 5.97 Å². The molecule has 100 valence electrons. The first-order valence-electron chi connectivity index (χ1n) is 4.95. The van der Waals surface area contributed by atoms with E-state index in [0.29, 0.717) is 0 Å². The van der Waals surface area contributed by atoms with Gasteiger partial charge in [0.1, 0.15) is 10.6 Å². The second-order valence-electron chi connectivity index (χ2n) is 3.61. The van der Waals surface area contributed by atoms with Crippen molar-refractivity contribution in [3.05, 3.63) is 23.8 Å². The summed E-state index contributed by atoms with van der Waals surface area (Å²) in [6.45, 7) is 0. The van der Waals surface area contributed by atoms with Crippen LogP contribution in [0.5, 0.6) is 5.75 Å². The largest absolute Gasteiger partial charge is 0.495 e. The molecule has 1 unspecified atom stereocenters. The number of carbonyl (C=O) groups is 1. The maximum atomic E-state index is 11.4. The lowest BCUT2D eigenvalue weighted by Gasteiger charge is -2.12. The standard InChI is InChI=1S/C11H14O6S/c1-16-8-6-7(10(12)11(13)17-2)4-5-9(8)18(3,14)15/h4-6,10,12H,1-3H3. The fraction of sp³-hybridized carbons (Fsp3) is 0.364. The van der Waals surface area contributed by atoms with Crippen LogP contribution in [0.15, 0.2) is 23.1 Å². The molecule has 7 heteroatoms. The SMILES string of the molecule is COC(=O)C(O)c1ccc(S(C)(=O)=O)c(OC)c1. The van der Waals surface area contributed by atoms with Gasteiger partial charge in [-0.2, -0.15) is 0 Å². The van der Waals surface area contributed by atoms with Crippen LogP contribution >= 0.6 is 0 Å². The average Bonchev–Trinajstić information content (AvgIpc) is 2.34. The number of carbonyl (C=O) groups excluding carboxylic acids is 1. The summed E-state index contributed by atoms with van der Waals surface area (Å²) in [5.74, 6) is -0.762. The van der Waals surface area contributed by atoms with Gasteiger partial charge in [0.25, 0.3) is 0 Å². The van der Waals surface area contributed by atoms with Crippen molar-refractivity contribution < 1.29 is 27.8 Å². The van der Waals surface area contributed by atoms with Crippen LogP contribution in [0.3, 0.4) is 0 Å². The monoisotopic (exact) mass is 274 g/mol. The topological polar surface area (TPSA) is 89.9 Å². The zero-order chi connectivity index (χ0) is 13.9. The number of aliphatic hydroxyl groups excluding tert-OH is 1. The van der Waals surface area contributed by atoms with Crippen LogP contribution in [0.25, 0.3) is 0 Å². The highest BCUT2D eigenvalue weighted by molar-refractivity contribution is 7.90. The summed E-state index contributed by atoms with van der Waals surface area (Å²) < 4.78 is 32.2. The first kappa shape index (κ1) is 14.5. The summed E-state index contributed by atoms with van der Waals surface area (Å²) in [6, 6.07) is 3.90. The van der Waals surface area contributed by atoms with Crippen LogP contribution in [0, 0.1) is 0 Å². The van der Waals surface area contributed by atoms with Gasteiger partial charge in [-0.3, -0.25) is 0 Å². The Bertz CT molecular complexity index is 549. The summed E-state index contributed by atoms with van der Waals surface area (Å²) in [5, 5.41) is 9.62. The molecule has 0 aliphatic carbocycles. The van der Waals surface area contributed by atoms with Crippen LogP contribution < -0.4 is 4.74 Å². The van der Waals surface area contributed by atoms with Gasteiger partial charge in [-0.15, -0.1) is 0 Å². The number of hydrogen-bond donors (Lipinski definition) is 1. The van der Waals surface area contributed by atoms with Gasteiger partial charge in [0.05, 0.1) is 14.2 Å². The van der Waals surface area contributed by atoms with Crippen molar-refractivity contribution >= 4 is 15.8 Å². The molecule has 1 aromatic rings. The number of aliphatic hydroxyl groups is 1. The van der Waals surface area contributed by atoms with Crippen molar-refractivity contribution in [3.63, 3.8) is 0 Å². The van der Waals surface area contributed by atoms with E-state index >= 15 is 0 Å². The van der Waals surface area contributed by atoms with Gasteiger partial charge in [-0.25, -0.2) is 13.2 Å². The normalized spacial score (nSPS) is 12.9.